The van der Waals surface area contributed by atoms with Crippen LogP contribution in [0, 0.1) is 45.3 Å². The van der Waals surface area contributed by atoms with Crippen LogP contribution in [0.3, 0.4) is 0 Å². The number of hydrogen-bond acceptors (Lipinski definition) is 19. The predicted octanol–water partition coefficient (Wildman–Crippen LogP) is 16.2. The molecule has 0 bridgehead atoms. The first kappa shape index (κ1) is 98.7. The second-order valence-corrected chi connectivity index (χ2v) is 35.5. The molecule has 700 valence electrons. The van der Waals surface area contributed by atoms with Gasteiger partial charge in [0.15, 0.2) is 0 Å². The number of carbonyl (C=O) groups excluding carboxylic acids is 8. The van der Waals surface area contributed by atoms with E-state index >= 15 is 0 Å². The van der Waals surface area contributed by atoms with Crippen molar-refractivity contribution in [3.05, 3.63) is 350 Å². The number of benzene rings is 10. The molecule has 136 heavy (non-hydrogen) atoms. The number of nitrogens with two attached hydrogens (primary N) is 5. The molecule has 6 heterocycles. The summed E-state index contributed by atoms with van der Waals surface area (Å²) in [6, 6.07) is 78.3. The first-order valence-electron chi connectivity index (χ1n) is 45.3. The molecule has 28 heteroatoms. The highest BCUT2D eigenvalue weighted by atomic mass is 35.5. The molecule has 0 aliphatic carbocycles. The number of hydrogen-bond donors (Lipinski definition) is 9. The summed E-state index contributed by atoms with van der Waals surface area (Å²) in [5.74, 6) is -3.82. The zero-order valence-electron chi connectivity index (χ0n) is 76.4. The Bertz CT molecular complexity index is 6130. The van der Waals surface area contributed by atoms with E-state index in [2.05, 4.69) is 11.1 Å². The molecule has 12 aromatic rings. The third-order valence-electron chi connectivity index (χ3n) is 25.6. The van der Waals surface area contributed by atoms with Gasteiger partial charge in [-0.2, -0.15) is 0 Å². The van der Waals surface area contributed by atoms with Gasteiger partial charge in [-0.05, 0) is 223 Å². The molecule has 4 fully saturated rings. The van der Waals surface area contributed by atoms with Crippen molar-refractivity contribution < 1.29 is 57.3 Å². The fourth-order valence-electron chi connectivity index (χ4n) is 18.7. The normalized spacial score (nSPS) is 16.2. The molecule has 0 saturated carbocycles. The number of pyridine rings is 1. The van der Waals surface area contributed by atoms with Crippen molar-refractivity contribution in [1.82, 2.24) is 24.6 Å². The standard InChI is InChI=1S/C29H32N4O3.C28H29N3O3.C27H28N4O3.C24H24ClN3O3S/c1-36-29(35)25(17-19-5-2-8-24(15-19)27(31)32)26-9-4-14-33(26)28(34)22-12-10-21(11-13-22)23-7-3-6-20(16-23)18-30;1-34-28(33)24(18-19-7-5-10-23(17-19)26(29)30)25-11-6-16-31(25)27(32)22-14-12-21(13-15-22)20-8-3-2-4-9-20;1-34-27(33)23(16-18-5-2-6-21(15-18)25(28)29)24-8-4-14-31(24)26(32)20-11-9-19(10-12-20)22-7-3-13-30-17-22;1-31-24(30)18(11-14-4-2-5-15(10-14)22(26)27)20-6-3-9-28(20)23(29)19-13-32-21-12-16(25)7-8-17(19)21/h2-3,5-8,10-13,15-16,25-26H,4,9,14,17-18,30H2,1H3,(H3,31,32);2-5,7-10,12-15,17,24-25H,6,11,16,18H2,1H3,(H3,29,30);2-3,5-7,9-13,15,17,23-24H,4,8,14,16H2,1H3,(H3,28,29);2,4-5,7-8,10,12-13,18,20H,3,6,9,11H2,1H3,(H3,26,27). The SMILES string of the molecule is COC(=O)C(Cc1cccc(C(=N)N)c1)C1CCCN1C(=O)c1ccc(-c2cccc(CN)c2)cc1.COC(=O)C(Cc1cccc(C(=N)N)c1)C1CCCN1C(=O)c1ccc(-c2ccccc2)cc1.COC(=O)C(Cc1cccc(C(=N)N)c1)C1CCCN1C(=O)c1ccc(-c2cccnc2)cc1.COC(=O)C(Cc1cccc(C(=N)N)c1)C1CCCN1C(=O)c1csc2cc(Cl)ccc12. The van der Waals surface area contributed by atoms with Gasteiger partial charge in [0, 0.05) is 129 Å². The lowest BCUT2D eigenvalue weighted by molar-refractivity contribution is -0.148. The molecule has 4 saturated heterocycles. The number of ether oxygens (including phenoxy) is 4. The number of amides is 4. The molecule has 14 N–H and O–H groups in total. The summed E-state index contributed by atoms with van der Waals surface area (Å²) in [6.45, 7) is 2.85. The summed E-state index contributed by atoms with van der Waals surface area (Å²) >= 11 is 7.58. The molecule has 4 amide bonds. The zero-order valence-corrected chi connectivity index (χ0v) is 78.0. The van der Waals surface area contributed by atoms with Gasteiger partial charge >= 0.3 is 23.9 Å². The van der Waals surface area contributed by atoms with Crippen LogP contribution in [0.25, 0.3) is 43.5 Å². The molecule has 2 aromatic heterocycles. The highest BCUT2D eigenvalue weighted by molar-refractivity contribution is 7.17. The second kappa shape index (κ2) is 46.7. The Kier molecular flexibility index (Phi) is 33.9. The van der Waals surface area contributed by atoms with Gasteiger partial charge in [0.25, 0.3) is 23.6 Å². The molecular weight excluding hydrogens is 1750 g/mol. The number of thiophene rings is 1. The maximum atomic E-state index is 13.5. The number of carbonyl (C=O) groups is 8. The van der Waals surface area contributed by atoms with Gasteiger partial charge in [-0.15, -0.1) is 11.3 Å². The minimum atomic E-state index is -0.512. The Morgan fingerprint density at radius 1 is 0.360 bits per heavy atom. The van der Waals surface area contributed by atoms with Gasteiger partial charge in [-0.1, -0.05) is 181 Å². The molecule has 4 aliphatic heterocycles. The number of amidine groups is 4. The van der Waals surface area contributed by atoms with Crippen LogP contribution in [0.2, 0.25) is 5.02 Å². The van der Waals surface area contributed by atoms with Crippen molar-refractivity contribution in [2.75, 3.05) is 54.6 Å². The molecule has 8 atom stereocenters. The van der Waals surface area contributed by atoms with Crippen LogP contribution >= 0.6 is 22.9 Å². The van der Waals surface area contributed by atoms with E-state index in [4.69, 9.17) is 80.9 Å². The quantitative estimate of drug-likeness (QED) is 0.00951. The van der Waals surface area contributed by atoms with Gasteiger partial charge < -0.3 is 67.2 Å². The maximum absolute atomic E-state index is 13.5. The number of esters is 4. The number of rotatable bonds is 28. The Balaban J connectivity index is 0.000000154. The Hall–Kier alpha value is -14.8. The molecular formula is C108H113ClN14O12S. The van der Waals surface area contributed by atoms with Gasteiger partial charge in [0.1, 0.15) is 23.3 Å². The van der Waals surface area contributed by atoms with Crippen LogP contribution in [0.15, 0.2) is 273 Å². The summed E-state index contributed by atoms with van der Waals surface area (Å²) in [4.78, 5) is 117. The van der Waals surface area contributed by atoms with Crippen molar-refractivity contribution in [3.63, 3.8) is 0 Å². The van der Waals surface area contributed by atoms with Gasteiger partial charge in [-0.3, -0.25) is 65.0 Å². The molecule has 0 spiro atoms. The first-order chi connectivity index (χ1) is 65.7. The van der Waals surface area contributed by atoms with E-state index in [-0.39, 0.29) is 95.0 Å². The minimum absolute atomic E-state index is 0.0203. The van der Waals surface area contributed by atoms with Crippen LogP contribution in [-0.2, 0) is 70.4 Å². The van der Waals surface area contributed by atoms with Gasteiger partial charge in [0.2, 0.25) is 0 Å². The number of fused-ring (bicyclic) bond motifs is 1. The van der Waals surface area contributed by atoms with E-state index in [1.165, 1.54) is 39.8 Å². The molecule has 26 nitrogen and oxygen atoms in total. The van der Waals surface area contributed by atoms with Crippen LogP contribution < -0.4 is 28.7 Å². The highest BCUT2D eigenvalue weighted by Crippen LogP contribution is 2.38. The number of nitrogens with one attached hydrogen (secondary N) is 4. The molecule has 10 aromatic carbocycles. The predicted molar refractivity (Wildman–Crippen MR) is 531 cm³/mol. The number of aromatic nitrogens is 1. The summed E-state index contributed by atoms with van der Waals surface area (Å²) in [5, 5.41) is 34.1. The topological polar surface area (TPSA) is 425 Å². The lowest BCUT2D eigenvalue weighted by Crippen LogP contribution is -2.44. The number of halogens is 1. The van der Waals surface area contributed by atoms with E-state index in [0.717, 1.165) is 123 Å². The first-order valence-corrected chi connectivity index (χ1v) is 46.5. The number of nitrogen functional groups attached to an aromatic ring is 4. The van der Waals surface area contributed by atoms with Crippen LogP contribution in [0.1, 0.15) is 143 Å². The van der Waals surface area contributed by atoms with Gasteiger partial charge in [0.05, 0.1) is 57.7 Å². The van der Waals surface area contributed by atoms with Gasteiger partial charge in [-0.25, -0.2) is 0 Å². The lowest BCUT2D eigenvalue weighted by Gasteiger charge is -2.30. The summed E-state index contributed by atoms with van der Waals surface area (Å²) < 4.78 is 21.5. The Labute approximate surface area is 800 Å². The Morgan fingerprint density at radius 3 is 1.01 bits per heavy atom. The number of methoxy groups -OCH3 is 4. The summed E-state index contributed by atoms with van der Waals surface area (Å²) in [7, 11) is 5.50. The van der Waals surface area contributed by atoms with Crippen molar-refractivity contribution in [2.45, 2.75) is 108 Å². The molecule has 16 rings (SSSR count). The van der Waals surface area contributed by atoms with Crippen molar-refractivity contribution in [3.8, 4) is 33.4 Å². The van der Waals surface area contributed by atoms with Crippen molar-refractivity contribution in [2.24, 2.45) is 52.3 Å². The largest absolute Gasteiger partial charge is 0.469 e. The number of likely N-dealkylation sites (tertiary alicyclic amines) is 4. The fourth-order valence-corrected chi connectivity index (χ4v) is 19.9. The fraction of sp³-hybridized carbons (Fsp3) is 0.269. The maximum Gasteiger partial charge on any atom is 0.311 e. The molecule has 4 aliphatic rings. The minimum Gasteiger partial charge on any atom is -0.469 e. The highest BCUT2D eigenvalue weighted by Gasteiger charge is 2.44. The van der Waals surface area contributed by atoms with E-state index < -0.39 is 23.7 Å². The van der Waals surface area contributed by atoms with Crippen LogP contribution in [0.4, 0.5) is 0 Å². The van der Waals surface area contributed by atoms with Crippen LogP contribution in [-0.4, -0.2) is 174 Å². The third-order valence-corrected chi connectivity index (χ3v) is 26.8. The van der Waals surface area contributed by atoms with E-state index in [0.29, 0.717) is 108 Å². The Morgan fingerprint density at radius 2 is 0.676 bits per heavy atom. The third kappa shape index (κ3) is 24.4. The average Bonchev–Trinajstić information content (AvgIpc) is 1.63. The average molecular weight is 1870 g/mol. The second-order valence-electron chi connectivity index (χ2n) is 34.2. The van der Waals surface area contributed by atoms with Crippen molar-refractivity contribution >= 4 is 104 Å². The van der Waals surface area contributed by atoms with E-state index in [9.17, 15) is 38.4 Å². The van der Waals surface area contributed by atoms with Crippen molar-refractivity contribution in [1.29, 1.82) is 21.6 Å². The number of nitrogens with zero attached hydrogens (tertiary/aromatic N) is 5. The van der Waals surface area contributed by atoms with E-state index in [1.807, 2.05) is 234 Å². The zero-order chi connectivity index (χ0) is 96.6. The lowest BCUT2D eigenvalue weighted by atomic mass is 9.89. The summed E-state index contributed by atoms with van der Waals surface area (Å²) in [5.41, 5.74) is 43.9. The smallest absolute Gasteiger partial charge is 0.311 e. The van der Waals surface area contributed by atoms with Crippen LogP contribution in [0.5, 0.6) is 0 Å². The molecule has 8 unspecified atom stereocenters. The summed E-state index contributed by atoms with van der Waals surface area (Å²) in [6.07, 6.45) is 11.4. The van der Waals surface area contributed by atoms with E-state index in [1.54, 1.807) is 52.5 Å². The monoisotopic (exact) mass is 1860 g/mol. The molecule has 0 radical (unpaired) electrons.